The number of rotatable bonds is 6. The van der Waals surface area contributed by atoms with Gasteiger partial charge in [-0.2, -0.15) is 0 Å². The molecule has 6 aromatic carbocycles. The van der Waals surface area contributed by atoms with E-state index in [2.05, 4.69) is 186 Å². The van der Waals surface area contributed by atoms with Crippen molar-refractivity contribution in [2.45, 2.75) is 6.92 Å². The summed E-state index contributed by atoms with van der Waals surface area (Å²) in [5.41, 5.74) is 14.0. The summed E-state index contributed by atoms with van der Waals surface area (Å²) < 4.78 is 2.36. The third-order valence-corrected chi connectivity index (χ3v) is 9.20. The van der Waals surface area contributed by atoms with Crippen LogP contribution in [0.4, 0.5) is 17.1 Å². The number of hydrogen-bond acceptors (Lipinski definition) is 2. The normalized spacial score (nSPS) is 12.2. The zero-order chi connectivity index (χ0) is 31.3. The molecule has 0 N–H and O–H groups in total. The maximum Gasteiger partial charge on any atom is 0.138 e. The summed E-state index contributed by atoms with van der Waals surface area (Å²) in [6.45, 7) is 2.17. The first-order valence-corrected chi connectivity index (χ1v) is 16.1. The molecule has 0 amide bonds. The van der Waals surface area contributed by atoms with Gasteiger partial charge < -0.3 is 4.90 Å². The molecule has 0 radical (unpaired) electrons. The van der Waals surface area contributed by atoms with E-state index in [1.807, 2.05) is 0 Å². The standard InChI is InChI=1S/C44H31N3/c1-30-15-11-12-16-31(30)25-26-34-28-40-42(44-43(34)46(44)36-21-9-4-10-22-36)37-23-13-14-24-39(37)47(40)41-29-35(32-17-5-2-6-18-32)27-38(45-41)33-19-7-3-8-20-33/h2-29H,1H3/b26-25-. The number of para-hydroxylation sites is 2. The minimum atomic E-state index is 0.900. The molecule has 0 spiro atoms. The Morgan fingerprint density at radius 3 is 1.91 bits per heavy atom. The summed E-state index contributed by atoms with van der Waals surface area (Å²) in [7, 11) is 0. The van der Waals surface area contributed by atoms with E-state index in [9.17, 15) is 0 Å². The summed E-state index contributed by atoms with van der Waals surface area (Å²) in [5, 5.41) is 2.47. The number of aromatic nitrogens is 2. The molecule has 0 saturated carbocycles. The maximum absolute atomic E-state index is 5.36. The van der Waals surface area contributed by atoms with Gasteiger partial charge in [-0.05, 0) is 65.6 Å². The Morgan fingerprint density at radius 1 is 0.511 bits per heavy atom. The fourth-order valence-electron chi connectivity index (χ4n) is 6.87. The van der Waals surface area contributed by atoms with Crippen molar-refractivity contribution in [2.75, 3.05) is 4.90 Å². The van der Waals surface area contributed by atoms with E-state index in [-0.39, 0.29) is 0 Å². The summed E-state index contributed by atoms with van der Waals surface area (Å²) >= 11 is 0. The van der Waals surface area contributed by atoms with Crippen molar-refractivity contribution in [1.29, 1.82) is 0 Å². The van der Waals surface area contributed by atoms with Crippen LogP contribution in [0, 0.1) is 6.92 Å². The molecule has 3 heterocycles. The molecule has 222 valence electrons. The van der Waals surface area contributed by atoms with Crippen LogP contribution in [0.25, 0.3) is 62.2 Å². The Labute approximate surface area is 274 Å². The van der Waals surface area contributed by atoms with E-state index < -0.39 is 0 Å². The molecule has 0 unspecified atom stereocenters. The van der Waals surface area contributed by atoms with Gasteiger partial charge in [0.05, 0.1) is 28.1 Å². The van der Waals surface area contributed by atoms with E-state index in [0.29, 0.717) is 0 Å². The lowest BCUT2D eigenvalue weighted by Crippen LogP contribution is -2.00. The van der Waals surface area contributed by atoms with Crippen LogP contribution >= 0.6 is 0 Å². The molecule has 1 aliphatic heterocycles. The molecule has 0 bridgehead atoms. The maximum atomic E-state index is 5.36. The zero-order valence-corrected chi connectivity index (χ0v) is 26.0. The van der Waals surface area contributed by atoms with E-state index in [1.54, 1.807) is 0 Å². The van der Waals surface area contributed by atoms with Crippen LogP contribution in [0.3, 0.4) is 0 Å². The molecule has 47 heavy (non-hydrogen) atoms. The summed E-state index contributed by atoms with van der Waals surface area (Å²) in [6.07, 6.45) is 4.52. The van der Waals surface area contributed by atoms with E-state index in [1.165, 1.54) is 50.1 Å². The predicted molar refractivity (Wildman–Crippen MR) is 198 cm³/mol. The SMILES string of the molecule is Cc1ccccc1/C=C\c1cc2c(c3c1N3c1ccccc1)c1ccccc1n2-c1cc(-c2ccccc2)cc(-c2ccccc2)n1. The van der Waals surface area contributed by atoms with Crippen molar-refractivity contribution < 1.29 is 0 Å². The first-order valence-electron chi connectivity index (χ1n) is 16.1. The molecule has 0 aliphatic carbocycles. The lowest BCUT2D eigenvalue weighted by atomic mass is 10.0. The monoisotopic (exact) mass is 601 g/mol. The highest BCUT2D eigenvalue weighted by atomic mass is 15.3. The largest absolute Gasteiger partial charge is 0.305 e. The van der Waals surface area contributed by atoms with Crippen LogP contribution in [-0.4, -0.2) is 9.55 Å². The molecule has 3 nitrogen and oxygen atoms in total. The van der Waals surface area contributed by atoms with Gasteiger partial charge in [0.25, 0.3) is 0 Å². The zero-order valence-electron chi connectivity index (χ0n) is 26.0. The quantitative estimate of drug-likeness (QED) is 0.140. The fourth-order valence-corrected chi connectivity index (χ4v) is 6.87. The van der Waals surface area contributed by atoms with Crippen LogP contribution in [0.2, 0.25) is 0 Å². The molecule has 3 heteroatoms. The number of pyridine rings is 1. The van der Waals surface area contributed by atoms with Gasteiger partial charge in [-0.15, -0.1) is 0 Å². The van der Waals surface area contributed by atoms with Crippen LogP contribution < -0.4 is 4.90 Å². The van der Waals surface area contributed by atoms with Crippen molar-refractivity contribution in [2.24, 2.45) is 0 Å². The third-order valence-electron chi connectivity index (χ3n) is 9.20. The second-order valence-electron chi connectivity index (χ2n) is 12.1. The van der Waals surface area contributed by atoms with Crippen LogP contribution in [0.1, 0.15) is 16.7 Å². The second-order valence-corrected chi connectivity index (χ2v) is 12.1. The number of fused-ring (bicyclic) bond motifs is 5. The lowest BCUT2D eigenvalue weighted by Gasteiger charge is -2.13. The van der Waals surface area contributed by atoms with Crippen molar-refractivity contribution in [3.63, 3.8) is 0 Å². The average Bonchev–Trinajstić information content (AvgIpc) is 3.80. The van der Waals surface area contributed by atoms with Crippen LogP contribution in [0.5, 0.6) is 0 Å². The molecule has 8 aromatic rings. The molecule has 2 aromatic heterocycles. The van der Waals surface area contributed by atoms with Gasteiger partial charge in [0, 0.05) is 27.6 Å². The number of anilines is 3. The van der Waals surface area contributed by atoms with Gasteiger partial charge in [-0.3, -0.25) is 4.57 Å². The lowest BCUT2D eigenvalue weighted by molar-refractivity contribution is 1.08. The Kier molecular flexibility index (Phi) is 6.36. The summed E-state index contributed by atoms with van der Waals surface area (Å²) in [4.78, 5) is 7.76. The summed E-state index contributed by atoms with van der Waals surface area (Å²) in [6, 6.07) is 55.8. The Hall–Kier alpha value is -6.19. The number of benzene rings is 6. The van der Waals surface area contributed by atoms with Gasteiger partial charge in [-0.1, -0.05) is 133 Å². The highest BCUT2D eigenvalue weighted by Crippen LogP contribution is 2.61. The second kappa shape index (κ2) is 11.0. The number of hydrogen-bond donors (Lipinski definition) is 0. The molecule has 0 fully saturated rings. The molecular formula is C44H31N3. The number of nitrogens with zero attached hydrogens (tertiary/aromatic N) is 3. The van der Waals surface area contributed by atoms with Crippen molar-refractivity contribution in [3.8, 4) is 28.2 Å². The Balaban J connectivity index is 1.33. The highest BCUT2D eigenvalue weighted by molar-refractivity contribution is 6.27. The molecule has 9 rings (SSSR count). The van der Waals surface area contributed by atoms with Gasteiger partial charge >= 0.3 is 0 Å². The fraction of sp³-hybridized carbons (Fsp3) is 0.0227. The predicted octanol–water partition coefficient (Wildman–Crippen LogP) is 11.8. The van der Waals surface area contributed by atoms with Crippen molar-refractivity contribution in [1.82, 2.24) is 9.55 Å². The van der Waals surface area contributed by atoms with E-state index in [4.69, 9.17) is 4.98 Å². The smallest absolute Gasteiger partial charge is 0.138 e. The third kappa shape index (κ3) is 4.63. The van der Waals surface area contributed by atoms with Gasteiger partial charge in [0.2, 0.25) is 0 Å². The van der Waals surface area contributed by atoms with Gasteiger partial charge in [-0.25, -0.2) is 4.98 Å². The van der Waals surface area contributed by atoms with E-state index in [0.717, 1.165) is 33.7 Å². The van der Waals surface area contributed by atoms with E-state index >= 15 is 0 Å². The molecule has 0 atom stereocenters. The topological polar surface area (TPSA) is 20.8 Å². The first kappa shape index (κ1) is 27.1. The Bertz CT molecular complexity index is 2400. The minimum Gasteiger partial charge on any atom is -0.305 e. The van der Waals surface area contributed by atoms with Gasteiger partial charge in [0.15, 0.2) is 0 Å². The van der Waals surface area contributed by atoms with Crippen molar-refractivity contribution in [3.05, 3.63) is 174 Å². The average molecular weight is 602 g/mol. The molecular weight excluding hydrogens is 571 g/mol. The first-order chi connectivity index (χ1) is 23.2. The summed E-state index contributed by atoms with van der Waals surface area (Å²) in [5.74, 6) is 0.900. The van der Waals surface area contributed by atoms with Crippen molar-refractivity contribution >= 4 is 51.0 Å². The molecule has 1 aliphatic rings. The highest BCUT2D eigenvalue weighted by Gasteiger charge is 2.38. The van der Waals surface area contributed by atoms with Crippen LogP contribution in [-0.2, 0) is 0 Å². The van der Waals surface area contributed by atoms with Crippen LogP contribution in [0.15, 0.2) is 158 Å². The van der Waals surface area contributed by atoms with Gasteiger partial charge in [0.1, 0.15) is 5.82 Å². The minimum absolute atomic E-state index is 0.900. The molecule has 0 saturated heterocycles. The Morgan fingerprint density at radius 2 is 1.15 bits per heavy atom. The number of aryl methyl sites for hydroxylation is 1.